The van der Waals surface area contributed by atoms with Gasteiger partial charge in [-0.25, -0.2) is 8.42 Å². The zero-order chi connectivity index (χ0) is 18.4. The van der Waals surface area contributed by atoms with Gasteiger partial charge in [-0.2, -0.15) is 4.31 Å². The van der Waals surface area contributed by atoms with Gasteiger partial charge in [-0.1, -0.05) is 66.4 Å². The van der Waals surface area contributed by atoms with Crippen molar-refractivity contribution in [3.05, 3.63) is 40.4 Å². The quantitative estimate of drug-likeness (QED) is 0.537. The fourth-order valence-electron chi connectivity index (χ4n) is 3.36. The van der Waals surface area contributed by atoms with E-state index in [1.54, 1.807) is 16.4 Å². The molecule has 1 aliphatic rings. The van der Waals surface area contributed by atoms with E-state index < -0.39 is 10.0 Å². The topological polar surface area (TPSA) is 37.4 Å². The largest absolute Gasteiger partial charge is 0.243 e. The van der Waals surface area contributed by atoms with E-state index in [0.717, 1.165) is 29.3 Å². The predicted octanol–water partition coefficient (Wildman–Crippen LogP) is 5.64. The van der Waals surface area contributed by atoms with Gasteiger partial charge in [0, 0.05) is 11.0 Å². The molecule has 140 valence electrons. The summed E-state index contributed by atoms with van der Waals surface area (Å²) in [7, 11) is -3.45. The number of halogens is 1. The van der Waals surface area contributed by atoms with Crippen molar-refractivity contribution >= 4 is 26.0 Å². The summed E-state index contributed by atoms with van der Waals surface area (Å²) in [5.41, 5.74) is 1.07. The Kier molecular flexibility index (Phi) is 7.71. The number of benzene rings is 1. The first-order valence-corrected chi connectivity index (χ1v) is 11.6. The Morgan fingerprint density at radius 2 is 2.00 bits per heavy atom. The van der Waals surface area contributed by atoms with Crippen LogP contribution in [0.4, 0.5) is 0 Å². The molecule has 3 nitrogen and oxygen atoms in total. The molecule has 2 unspecified atom stereocenters. The third-order valence-corrected chi connectivity index (χ3v) is 7.71. The summed E-state index contributed by atoms with van der Waals surface area (Å²) in [5.74, 6) is 0.513. The Morgan fingerprint density at radius 1 is 1.32 bits per heavy atom. The number of hydrogen-bond donors (Lipinski definition) is 0. The van der Waals surface area contributed by atoms with E-state index in [2.05, 4.69) is 35.9 Å². The summed E-state index contributed by atoms with van der Waals surface area (Å²) in [5, 5.41) is 0. The van der Waals surface area contributed by atoms with Gasteiger partial charge in [0.05, 0.1) is 10.9 Å². The van der Waals surface area contributed by atoms with Crippen molar-refractivity contribution in [1.29, 1.82) is 0 Å². The second kappa shape index (κ2) is 9.33. The highest BCUT2D eigenvalue weighted by molar-refractivity contribution is 9.11. The van der Waals surface area contributed by atoms with Crippen LogP contribution in [-0.4, -0.2) is 25.3 Å². The van der Waals surface area contributed by atoms with Crippen molar-refractivity contribution in [2.75, 3.05) is 6.54 Å². The lowest BCUT2D eigenvalue weighted by Crippen LogP contribution is -2.35. The molecule has 0 N–H and O–H groups in total. The number of unbranched alkanes of at least 4 members (excludes halogenated alkanes) is 1. The molecule has 25 heavy (non-hydrogen) atoms. The molecule has 1 aliphatic heterocycles. The van der Waals surface area contributed by atoms with Gasteiger partial charge in [0.2, 0.25) is 10.0 Å². The van der Waals surface area contributed by atoms with Gasteiger partial charge >= 0.3 is 0 Å². The second-order valence-corrected chi connectivity index (χ2v) is 9.76. The number of nitrogens with zero attached hydrogens (tertiary/aromatic N) is 1. The standard InChI is InChI=1S/C20H30BrNO2S/c1-4-6-8-17(5-2)15-19(21)20-9-7-14-22(20)25(23,24)18-12-10-16(3)11-13-18/h10-13,15,17,20H,4-9,14H2,1-3H3/b19-15+. The maximum Gasteiger partial charge on any atom is 0.243 e. The molecule has 2 atom stereocenters. The van der Waals surface area contributed by atoms with Gasteiger partial charge < -0.3 is 0 Å². The monoisotopic (exact) mass is 427 g/mol. The fourth-order valence-corrected chi connectivity index (χ4v) is 6.02. The van der Waals surface area contributed by atoms with Gasteiger partial charge in [0.15, 0.2) is 0 Å². The average Bonchev–Trinajstić information content (AvgIpc) is 3.09. The normalized spacial score (nSPS) is 20.8. The van der Waals surface area contributed by atoms with E-state index >= 15 is 0 Å². The van der Waals surface area contributed by atoms with E-state index in [1.165, 1.54) is 19.3 Å². The molecule has 0 saturated carbocycles. The maximum absolute atomic E-state index is 13.1. The summed E-state index contributed by atoms with van der Waals surface area (Å²) >= 11 is 3.71. The van der Waals surface area contributed by atoms with E-state index in [0.29, 0.717) is 17.4 Å². The predicted molar refractivity (Wildman–Crippen MR) is 108 cm³/mol. The molecule has 0 spiro atoms. The second-order valence-electron chi connectivity index (χ2n) is 6.95. The Balaban J connectivity index is 2.22. The first-order valence-electron chi connectivity index (χ1n) is 9.35. The lowest BCUT2D eigenvalue weighted by Gasteiger charge is -2.25. The minimum absolute atomic E-state index is 0.0676. The van der Waals surface area contributed by atoms with Crippen LogP contribution >= 0.6 is 15.9 Å². The Labute approximate surface area is 161 Å². The summed E-state index contributed by atoms with van der Waals surface area (Å²) in [6.45, 7) is 6.97. The van der Waals surface area contributed by atoms with Gasteiger partial charge in [-0.15, -0.1) is 0 Å². The number of sulfonamides is 1. The lowest BCUT2D eigenvalue weighted by molar-refractivity contribution is 0.427. The van der Waals surface area contributed by atoms with E-state index in [-0.39, 0.29) is 6.04 Å². The SMILES string of the molecule is CCCCC(/C=C(/Br)C1CCCN1S(=O)(=O)c1ccc(C)cc1)CC. The van der Waals surface area contributed by atoms with Crippen LogP contribution in [0, 0.1) is 12.8 Å². The third kappa shape index (κ3) is 5.18. The number of rotatable bonds is 8. The molecule has 1 fully saturated rings. The summed E-state index contributed by atoms with van der Waals surface area (Å²) in [6, 6.07) is 7.09. The molecule has 1 aromatic rings. The number of aryl methyl sites for hydroxylation is 1. The highest BCUT2D eigenvalue weighted by Gasteiger charge is 2.36. The first-order chi connectivity index (χ1) is 11.9. The van der Waals surface area contributed by atoms with Crippen molar-refractivity contribution in [2.45, 2.75) is 70.2 Å². The van der Waals surface area contributed by atoms with Crippen LogP contribution in [0.2, 0.25) is 0 Å². The molecular formula is C20H30BrNO2S. The lowest BCUT2D eigenvalue weighted by atomic mass is 9.98. The molecule has 5 heteroatoms. The van der Waals surface area contributed by atoms with Crippen molar-refractivity contribution < 1.29 is 8.42 Å². The van der Waals surface area contributed by atoms with Crippen molar-refractivity contribution in [2.24, 2.45) is 5.92 Å². The Morgan fingerprint density at radius 3 is 2.60 bits per heavy atom. The highest BCUT2D eigenvalue weighted by atomic mass is 79.9. The fraction of sp³-hybridized carbons (Fsp3) is 0.600. The van der Waals surface area contributed by atoms with Crippen LogP contribution in [0.25, 0.3) is 0 Å². The molecule has 2 rings (SSSR count). The number of allylic oxidation sites excluding steroid dienone is 1. The van der Waals surface area contributed by atoms with Crippen molar-refractivity contribution in [1.82, 2.24) is 4.31 Å². The summed E-state index contributed by atoms with van der Waals surface area (Å²) in [6.07, 6.45) is 8.71. The van der Waals surface area contributed by atoms with Gasteiger partial charge in [-0.05, 0) is 50.7 Å². The van der Waals surface area contributed by atoms with Crippen LogP contribution < -0.4 is 0 Å². The average molecular weight is 428 g/mol. The third-order valence-electron chi connectivity index (χ3n) is 5.00. The molecule has 1 saturated heterocycles. The minimum atomic E-state index is -3.45. The molecule has 0 radical (unpaired) electrons. The highest BCUT2D eigenvalue weighted by Crippen LogP contribution is 2.34. The molecule has 0 aliphatic carbocycles. The Hall–Kier alpha value is -0.650. The van der Waals surface area contributed by atoms with Crippen molar-refractivity contribution in [3.63, 3.8) is 0 Å². The summed E-state index contributed by atoms with van der Waals surface area (Å²) < 4.78 is 28.8. The van der Waals surface area contributed by atoms with Crippen LogP contribution in [0.1, 0.15) is 57.9 Å². The molecule has 0 amide bonds. The smallest absolute Gasteiger partial charge is 0.207 e. The van der Waals surface area contributed by atoms with Gasteiger partial charge in [0.25, 0.3) is 0 Å². The zero-order valence-corrected chi connectivity index (χ0v) is 17.9. The minimum Gasteiger partial charge on any atom is -0.207 e. The van der Waals surface area contributed by atoms with E-state index in [1.807, 2.05) is 19.1 Å². The number of hydrogen-bond acceptors (Lipinski definition) is 2. The van der Waals surface area contributed by atoms with E-state index in [9.17, 15) is 8.42 Å². The Bertz CT molecular complexity index is 682. The van der Waals surface area contributed by atoms with Crippen molar-refractivity contribution in [3.8, 4) is 0 Å². The molecule has 1 aromatic carbocycles. The zero-order valence-electron chi connectivity index (χ0n) is 15.5. The van der Waals surface area contributed by atoms with Crippen LogP contribution in [0.15, 0.2) is 39.7 Å². The molecule has 0 aromatic heterocycles. The molecule has 0 bridgehead atoms. The van der Waals surface area contributed by atoms with Crippen LogP contribution in [-0.2, 0) is 10.0 Å². The summed E-state index contributed by atoms with van der Waals surface area (Å²) in [4.78, 5) is 0.392. The van der Waals surface area contributed by atoms with E-state index in [4.69, 9.17) is 0 Å². The van der Waals surface area contributed by atoms with Gasteiger partial charge in [-0.3, -0.25) is 0 Å². The van der Waals surface area contributed by atoms with Crippen LogP contribution in [0.3, 0.4) is 0 Å². The van der Waals surface area contributed by atoms with Crippen LogP contribution in [0.5, 0.6) is 0 Å². The van der Waals surface area contributed by atoms with Gasteiger partial charge in [0.1, 0.15) is 0 Å². The first kappa shape index (κ1) is 20.7. The maximum atomic E-state index is 13.1. The molecule has 1 heterocycles. The molecular weight excluding hydrogens is 398 g/mol.